The minimum atomic E-state index is -0.879. The first-order chi connectivity index (χ1) is 11.1. The summed E-state index contributed by atoms with van der Waals surface area (Å²) in [6.07, 6.45) is 5.76. The summed E-state index contributed by atoms with van der Waals surface area (Å²) in [5.41, 5.74) is 1.29. The standard InChI is InChI=1S/C19H24N2O2/c1-19(22,16-5-7-17(23-2)8-6-16)18-4-3-13-21(18)14-15-9-11-20-12-10-15/h5-12,18,22H,3-4,13-14H2,1-2H3/t18-,19+/m0/s1. The average Bonchev–Trinajstić information content (AvgIpc) is 3.05. The summed E-state index contributed by atoms with van der Waals surface area (Å²) in [7, 11) is 1.65. The maximum atomic E-state index is 11.2. The lowest BCUT2D eigenvalue weighted by Crippen LogP contribution is -2.45. The summed E-state index contributed by atoms with van der Waals surface area (Å²) in [6.45, 7) is 3.78. The largest absolute Gasteiger partial charge is 0.497 e. The molecule has 1 aromatic heterocycles. The van der Waals surface area contributed by atoms with Gasteiger partial charge in [0.15, 0.2) is 0 Å². The first-order valence-electron chi connectivity index (χ1n) is 8.11. The van der Waals surface area contributed by atoms with Crippen LogP contribution in [0, 0.1) is 0 Å². The summed E-state index contributed by atoms with van der Waals surface area (Å²) < 4.78 is 5.21. The molecule has 0 bridgehead atoms. The summed E-state index contributed by atoms with van der Waals surface area (Å²) in [4.78, 5) is 6.45. The molecule has 4 heteroatoms. The van der Waals surface area contributed by atoms with Gasteiger partial charge in [-0.05, 0) is 61.7 Å². The average molecular weight is 312 g/mol. The van der Waals surface area contributed by atoms with Gasteiger partial charge in [0.25, 0.3) is 0 Å². The number of likely N-dealkylation sites (tertiary alicyclic amines) is 1. The molecule has 0 aliphatic carbocycles. The molecule has 0 spiro atoms. The molecule has 122 valence electrons. The van der Waals surface area contributed by atoms with Gasteiger partial charge < -0.3 is 9.84 Å². The fraction of sp³-hybridized carbons (Fsp3) is 0.421. The number of hydrogen-bond donors (Lipinski definition) is 1. The van der Waals surface area contributed by atoms with E-state index in [2.05, 4.69) is 9.88 Å². The van der Waals surface area contributed by atoms with Crippen LogP contribution >= 0.6 is 0 Å². The van der Waals surface area contributed by atoms with Gasteiger partial charge in [0.05, 0.1) is 7.11 Å². The van der Waals surface area contributed by atoms with Crippen LogP contribution in [0.3, 0.4) is 0 Å². The zero-order valence-corrected chi connectivity index (χ0v) is 13.8. The number of ether oxygens (including phenoxy) is 1. The summed E-state index contributed by atoms with van der Waals surface area (Å²) in [6, 6.07) is 11.9. The van der Waals surface area contributed by atoms with Crippen LogP contribution in [0.1, 0.15) is 30.9 Å². The van der Waals surface area contributed by atoms with Crippen LogP contribution in [0.25, 0.3) is 0 Å². The van der Waals surface area contributed by atoms with Gasteiger partial charge in [-0.3, -0.25) is 9.88 Å². The van der Waals surface area contributed by atoms with Crippen LogP contribution in [-0.4, -0.2) is 34.7 Å². The van der Waals surface area contributed by atoms with Crippen LogP contribution in [-0.2, 0) is 12.1 Å². The highest BCUT2D eigenvalue weighted by Gasteiger charge is 2.40. The molecular formula is C19H24N2O2. The fourth-order valence-corrected chi connectivity index (χ4v) is 3.50. The third-order valence-electron chi connectivity index (χ3n) is 4.82. The van der Waals surface area contributed by atoms with Gasteiger partial charge in [0.2, 0.25) is 0 Å². The van der Waals surface area contributed by atoms with Crippen molar-refractivity contribution >= 4 is 0 Å². The highest BCUT2D eigenvalue weighted by molar-refractivity contribution is 5.32. The monoisotopic (exact) mass is 312 g/mol. The molecule has 2 aromatic rings. The van der Waals surface area contributed by atoms with Crippen LogP contribution in [0.5, 0.6) is 5.75 Å². The van der Waals surface area contributed by atoms with Gasteiger partial charge >= 0.3 is 0 Å². The van der Waals surface area contributed by atoms with Crippen LogP contribution in [0.15, 0.2) is 48.8 Å². The topological polar surface area (TPSA) is 45.6 Å². The zero-order valence-electron chi connectivity index (χ0n) is 13.8. The Labute approximate surface area is 137 Å². The third-order valence-corrected chi connectivity index (χ3v) is 4.82. The van der Waals surface area contributed by atoms with Crippen molar-refractivity contribution in [3.8, 4) is 5.75 Å². The summed E-state index contributed by atoms with van der Waals surface area (Å²) >= 11 is 0. The highest BCUT2D eigenvalue weighted by Crippen LogP contribution is 2.36. The maximum Gasteiger partial charge on any atom is 0.118 e. The van der Waals surface area contributed by atoms with E-state index in [-0.39, 0.29) is 6.04 Å². The SMILES string of the molecule is COc1ccc([C@@](C)(O)[C@@H]2CCCN2Cc2ccncc2)cc1. The molecule has 1 aliphatic rings. The van der Waals surface area contributed by atoms with Crippen LogP contribution in [0.4, 0.5) is 0 Å². The first kappa shape index (κ1) is 16.0. The van der Waals surface area contributed by atoms with E-state index in [9.17, 15) is 5.11 Å². The molecule has 0 saturated carbocycles. The second-order valence-corrected chi connectivity index (χ2v) is 6.36. The number of rotatable bonds is 5. The van der Waals surface area contributed by atoms with Gasteiger partial charge in [0.1, 0.15) is 11.4 Å². The first-order valence-corrected chi connectivity index (χ1v) is 8.11. The number of aliphatic hydroxyl groups is 1. The van der Waals surface area contributed by atoms with Crippen molar-refractivity contribution in [2.75, 3.05) is 13.7 Å². The van der Waals surface area contributed by atoms with Crippen molar-refractivity contribution in [2.45, 2.75) is 38.0 Å². The fourth-order valence-electron chi connectivity index (χ4n) is 3.50. The van der Waals surface area contributed by atoms with E-state index in [1.807, 2.05) is 55.7 Å². The van der Waals surface area contributed by atoms with E-state index in [1.165, 1.54) is 5.56 Å². The molecular weight excluding hydrogens is 288 g/mol. The molecule has 23 heavy (non-hydrogen) atoms. The van der Waals surface area contributed by atoms with Crippen molar-refractivity contribution in [2.24, 2.45) is 0 Å². The van der Waals surface area contributed by atoms with E-state index in [4.69, 9.17) is 4.74 Å². The normalized spacial score (nSPS) is 21.1. The Balaban J connectivity index is 1.79. The Morgan fingerprint density at radius 1 is 1.22 bits per heavy atom. The smallest absolute Gasteiger partial charge is 0.118 e. The lowest BCUT2D eigenvalue weighted by atomic mass is 9.86. The molecule has 1 aliphatic heterocycles. The Hall–Kier alpha value is -1.91. The molecule has 4 nitrogen and oxygen atoms in total. The van der Waals surface area contributed by atoms with Crippen LogP contribution < -0.4 is 4.74 Å². The highest BCUT2D eigenvalue weighted by atomic mass is 16.5. The molecule has 2 heterocycles. The minimum absolute atomic E-state index is 0.115. The van der Waals surface area contributed by atoms with Crippen LogP contribution in [0.2, 0.25) is 0 Å². The minimum Gasteiger partial charge on any atom is -0.497 e. The summed E-state index contributed by atoms with van der Waals surface area (Å²) in [5, 5.41) is 11.2. The molecule has 3 rings (SSSR count). The number of methoxy groups -OCH3 is 1. The number of aromatic nitrogens is 1. The second kappa shape index (κ2) is 6.69. The van der Waals surface area contributed by atoms with E-state index < -0.39 is 5.60 Å². The zero-order chi connectivity index (χ0) is 16.3. The molecule has 0 radical (unpaired) electrons. The molecule has 1 N–H and O–H groups in total. The van der Waals surface area contributed by atoms with Gasteiger partial charge in [-0.2, -0.15) is 0 Å². The van der Waals surface area contributed by atoms with Crippen molar-refractivity contribution in [1.82, 2.24) is 9.88 Å². The van der Waals surface area contributed by atoms with E-state index >= 15 is 0 Å². The molecule has 2 atom stereocenters. The Morgan fingerprint density at radius 3 is 2.57 bits per heavy atom. The van der Waals surface area contributed by atoms with Gasteiger partial charge in [-0.1, -0.05) is 12.1 Å². The Kier molecular flexibility index (Phi) is 4.64. The molecule has 1 fully saturated rings. The number of hydrogen-bond acceptors (Lipinski definition) is 4. The number of benzene rings is 1. The number of nitrogens with zero attached hydrogens (tertiary/aromatic N) is 2. The lowest BCUT2D eigenvalue weighted by Gasteiger charge is -2.37. The Morgan fingerprint density at radius 2 is 1.91 bits per heavy atom. The van der Waals surface area contributed by atoms with Gasteiger partial charge in [0, 0.05) is 25.0 Å². The van der Waals surface area contributed by atoms with Crippen molar-refractivity contribution in [3.05, 3.63) is 59.9 Å². The maximum absolute atomic E-state index is 11.2. The quantitative estimate of drug-likeness (QED) is 0.922. The molecule has 0 amide bonds. The third kappa shape index (κ3) is 3.38. The van der Waals surface area contributed by atoms with E-state index in [0.29, 0.717) is 0 Å². The van der Waals surface area contributed by atoms with E-state index in [0.717, 1.165) is 37.2 Å². The predicted molar refractivity (Wildman–Crippen MR) is 90.2 cm³/mol. The Bertz CT molecular complexity index is 626. The predicted octanol–water partition coefficient (Wildman–Crippen LogP) is 2.96. The lowest BCUT2D eigenvalue weighted by molar-refractivity contribution is -0.0254. The van der Waals surface area contributed by atoms with Crippen molar-refractivity contribution < 1.29 is 9.84 Å². The molecule has 1 saturated heterocycles. The van der Waals surface area contributed by atoms with Gasteiger partial charge in [-0.15, -0.1) is 0 Å². The van der Waals surface area contributed by atoms with E-state index in [1.54, 1.807) is 7.11 Å². The molecule has 0 unspecified atom stereocenters. The number of pyridine rings is 1. The molecule has 1 aromatic carbocycles. The van der Waals surface area contributed by atoms with Gasteiger partial charge in [-0.25, -0.2) is 0 Å². The van der Waals surface area contributed by atoms with Crippen molar-refractivity contribution in [1.29, 1.82) is 0 Å². The van der Waals surface area contributed by atoms with Crippen molar-refractivity contribution in [3.63, 3.8) is 0 Å². The summed E-state index contributed by atoms with van der Waals surface area (Å²) in [5.74, 6) is 0.810. The second-order valence-electron chi connectivity index (χ2n) is 6.36.